The van der Waals surface area contributed by atoms with Crippen LogP contribution in [-0.2, 0) is 6.42 Å². The minimum atomic E-state index is 0.450. The second kappa shape index (κ2) is 3.82. The second-order valence-corrected chi connectivity index (χ2v) is 3.06. The molecule has 0 aliphatic carbocycles. The Kier molecular flexibility index (Phi) is 2.76. The molecule has 0 unspecified atom stereocenters. The topological polar surface area (TPSA) is 49.6 Å². The lowest BCUT2D eigenvalue weighted by molar-refractivity contribution is 0.631. The van der Waals surface area contributed by atoms with Crippen molar-refractivity contribution < 1.29 is 0 Å². The van der Waals surface area contributed by atoms with E-state index in [0.717, 1.165) is 12.1 Å². The first kappa shape index (κ1) is 8.66. The van der Waals surface area contributed by atoms with Crippen molar-refractivity contribution in [1.82, 2.24) is 9.97 Å². The van der Waals surface area contributed by atoms with Gasteiger partial charge in [-0.1, -0.05) is 13.8 Å². The van der Waals surface area contributed by atoms with Crippen LogP contribution in [0.2, 0.25) is 0 Å². The Morgan fingerprint density at radius 3 is 2.67 bits per heavy atom. The Hall–Kier alpha value is -1.43. The predicted molar refractivity (Wildman–Crippen MR) is 45.3 cm³/mol. The first-order valence-electron chi connectivity index (χ1n) is 3.94. The molecule has 0 aliphatic rings. The largest absolute Gasteiger partial charge is 0.257 e. The van der Waals surface area contributed by atoms with E-state index in [1.54, 1.807) is 12.4 Å². The van der Waals surface area contributed by atoms with Crippen molar-refractivity contribution in [1.29, 1.82) is 5.26 Å². The van der Waals surface area contributed by atoms with Gasteiger partial charge in [-0.3, -0.25) is 4.98 Å². The molecule has 1 aromatic rings. The van der Waals surface area contributed by atoms with E-state index in [0.29, 0.717) is 11.6 Å². The van der Waals surface area contributed by atoms with Crippen LogP contribution >= 0.6 is 0 Å². The van der Waals surface area contributed by atoms with E-state index in [-0.39, 0.29) is 0 Å². The maximum atomic E-state index is 8.68. The highest BCUT2D eigenvalue weighted by Crippen LogP contribution is 2.06. The van der Waals surface area contributed by atoms with E-state index in [4.69, 9.17) is 5.26 Å². The normalized spacial score (nSPS) is 9.83. The summed E-state index contributed by atoms with van der Waals surface area (Å²) in [4.78, 5) is 8.03. The smallest absolute Gasteiger partial charge is 0.161 e. The summed E-state index contributed by atoms with van der Waals surface area (Å²) in [6.07, 6.45) is 3.98. The fraction of sp³-hybridized carbons (Fsp3) is 0.444. The first-order chi connectivity index (χ1) is 5.74. The van der Waals surface area contributed by atoms with Gasteiger partial charge in [-0.05, 0) is 12.3 Å². The summed E-state index contributed by atoms with van der Waals surface area (Å²) in [5, 5.41) is 8.68. The predicted octanol–water partition coefficient (Wildman–Crippen LogP) is 1.55. The van der Waals surface area contributed by atoms with Gasteiger partial charge in [0.2, 0.25) is 0 Å². The monoisotopic (exact) mass is 161 g/mol. The zero-order valence-corrected chi connectivity index (χ0v) is 7.28. The average molecular weight is 161 g/mol. The molecule has 0 aliphatic heterocycles. The molecule has 3 heteroatoms. The molecule has 0 atom stereocenters. The van der Waals surface area contributed by atoms with Crippen molar-refractivity contribution in [3.8, 4) is 6.07 Å². The maximum Gasteiger partial charge on any atom is 0.161 e. The molecule has 0 aromatic carbocycles. The van der Waals surface area contributed by atoms with Crippen molar-refractivity contribution in [3.63, 3.8) is 0 Å². The van der Waals surface area contributed by atoms with E-state index in [9.17, 15) is 0 Å². The van der Waals surface area contributed by atoms with E-state index in [1.165, 1.54) is 0 Å². The zero-order valence-electron chi connectivity index (χ0n) is 7.28. The van der Waals surface area contributed by atoms with E-state index < -0.39 is 0 Å². The summed E-state index contributed by atoms with van der Waals surface area (Å²) in [6.45, 7) is 4.19. The fourth-order valence-electron chi connectivity index (χ4n) is 0.996. The van der Waals surface area contributed by atoms with Crippen LogP contribution in [0.3, 0.4) is 0 Å². The third-order valence-corrected chi connectivity index (χ3v) is 1.48. The Morgan fingerprint density at radius 1 is 1.42 bits per heavy atom. The van der Waals surface area contributed by atoms with Gasteiger partial charge in [0.1, 0.15) is 6.07 Å². The van der Waals surface area contributed by atoms with Crippen molar-refractivity contribution in [2.75, 3.05) is 0 Å². The van der Waals surface area contributed by atoms with Gasteiger partial charge in [-0.2, -0.15) is 5.26 Å². The Labute approximate surface area is 72.1 Å². The molecule has 1 heterocycles. The van der Waals surface area contributed by atoms with Crippen LogP contribution in [0.1, 0.15) is 25.2 Å². The summed E-state index contributed by atoms with van der Waals surface area (Å²) in [7, 11) is 0. The van der Waals surface area contributed by atoms with Crippen LogP contribution in [0.15, 0.2) is 12.4 Å². The van der Waals surface area contributed by atoms with E-state index in [1.807, 2.05) is 6.07 Å². The zero-order chi connectivity index (χ0) is 8.97. The number of nitrogens with zero attached hydrogens (tertiary/aromatic N) is 3. The van der Waals surface area contributed by atoms with Gasteiger partial charge >= 0.3 is 0 Å². The SMILES string of the molecule is CC(C)Cc1nccnc1C#N. The quantitative estimate of drug-likeness (QED) is 0.661. The van der Waals surface area contributed by atoms with Crippen LogP contribution in [0.4, 0.5) is 0 Å². The van der Waals surface area contributed by atoms with Gasteiger partial charge in [0, 0.05) is 12.4 Å². The molecular formula is C9H11N3. The third kappa shape index (κ3) is 2.03. The number of rotatable bonds is 2. The fourth-order valence-corrected chi connectivity index (χ4v) is 0.996. The standard InChI is InChI=1S/C9H11N3/c1-7(2)5-8-9(6-10)12-4-3-11-8/h3-4,7H,5H2,1-2H3. The van der Waals surface area contributed by atoms with Crippen LogP contribution in [-0.4, -0.2) is 9.97 Å². The van der Waals surface area contributed by atoms with Crippen LogP contribution in [0.5, 0.6) is 0 Å². The lowest BCUT2D eigenvalue weighted by atomic mass is 10.1. The van der Waals surface area contributed by atoms with Gasteiger partial charge < -0.3 is 0 Å². The number of nitriles is 1. The molecule has 0 bridgehead atoms. The minimum Gasteiger partial charge on any atom is -0.257 e. The van der Waals surface area contributed by atoms with Crippen molar-refractivity contribution in [2.24, 2.45) is 5.92 Å². The van der Waals surface area contributed by atoms with Gasteiger partial charge in [0.25, 0.3) is 0 Å². The highest BCUT2D eigenvalue weighted by Gasteiger charge is 2.05. The molecule has 0 amide bonds. The molecule has 0 fully saturated rings. The Morgan fingerprint density at radius 2 is 2.08 bits per heavy atom. The minimum absolute atomic E-state index is 0.450. The molecular weight excluding hydrogens is 150 g/mol. The van der Waals surface area contributed by atoms with Gasteiger partial charge in [0.15, 0.2) is 5.69 Å². The summed E-state index contributed by atoms with van der Waals surface area (Å²) in [5.41, 5.74) is 1.25. The molecule has 0 spiro atoms. The van der Waals surface area contributed by atoms with Crippen molar-refractivity contribution in [3.05, 3.63) is 23.8 Å². The van der Waals surface area contributed by atoms with E-state index >= 15 is 0 Å². The lowest BCUT2D eigenvalue weighted by Crippen LogP contribution is -2.01. The van der Waals surface area contributed by atoms with Crippen molar-refractivity contribution in [2.45, 2.75) is 20.3 Å². The average Bonchev–Trinajstić information content (AvgIpc) is 2.04. The second-order valence-electron chi connectivity index (χ2n) is 3.06. The molecule has 1 aromatic heterocycles. The number of hydrogen-bond acceptors (Lipinski definition) is 3. The summed E-state index contributed by atoms with van der Waals surface area (Å²) >= 11 is 0. The molecule has 3 nitrogen and oxygen atoms in total. The molecule has 12 heavy (non-hydrogen) atoms. The number of hydrogen-bond donors (Lipinski definition) is 0. The first-order valence-corrected chi connectivity index (χ1v) is 3.94. The van der Waals surface area contributed by atoms with Crippen LogP contribution in [0, 0.1) is 17.2 Å². The highest BCUT2D eigenvalue weighted by atomic mass is 14.8. The van der Waals surface area contributed by atoms with Gasteiger partial charge in [0.05, 0.1) is 5.69 Å². The number of aromatic nitrogens is 2. The van der Waals surface area contributed by atoms with Crippen LogP contribution in [0.25, 0.3) is 0 Å². The molecule has 0 radical (unpaired) electrons. The summed E-state index contributed by atoms with van der Waals surface area (Å²) in [6, 6.07) is 2.03. The van der Waals surface area contributed by atoms with E-state index in [2.05, 4.69) is 23.8 Å². The van der Waals surface area contributed by atoms with Crippen LogP contribution < -0.4 is 0 Å². The molecule has 0 saturated heterocycles. The van der Waals surface area contributed by atoms with Gasteiger partial charge in [-0.15, -0.1) is 0 Å². The third-order valence-electron chi connectivity index (χ3n) is 1.48. The highest BCUT2D eigenvalue weighted by molar-refractivity contribution is 5.24. The molecule has 0 saturated carbocycles. The maximum absolute atomic E-state index is 8.68. The molecule has 1 rings (SSSR count). The summed E-state index contributed by atoms with van der Waals surface area (Å²) < 4.78 is 0. The lowest BCUT2D eigenvalue weighted by Gasteiger charge is -2.03. The van der Waals surface area contributed by atoms with Crippen molar-refractivity contribution >= 4 is 0 Å². The molecule has 62 valence electrons. The summed E-state index contributed by atoms with van der Waals surface area (Å²) in [5.74, 6) is 0.508. The Balaban J connectivity index is 2.91. The van der Waals surface area contributed by atoms with Gasteiger partial charge in [-0.25, -0.2) is 4.98 Å². The molecule has 0 N–H and O–H groups in total. The Bertz CT molecular complexity index is 299.